The Morgan fingerprint density at radius 2 is 1.71 bits per heavy atom. The van der Waals surface area contributed by atoms with Gasteiger partial charge in [0.25, 0.3) is 0 Å². The molecular weight excluding hydrogens is 669 g/mol. The molecule has 3 rings (SSSR count). The molecule has 31 heavy (non-hydrogen) atoms. The number of para-hydroxylation sites is 1. The summed E-state index contributed by atoms with van der Waals surface area (Å²) in [5.74, 6) is 0.576. The van der Waals surface area contributed by atoms with Crippen molar-refractivity contribution in [1.82, 2.24) is 0 Å². The number of carbonyl (C=O) groups is 1. The monoisotopic (exact) mass is 685 g/mol. The molecule has 2 aromatic carbocycles. The van der Waals surface area contributed by atoms with E-state index in [9.17, 15) is 10.1 Å². The molecule has 0 heterocycles. The van der Waals surface area contributed by atoms with Gasteiger partial charge in [0, 0.05) is 5.56 Å². The number of hydrogen-bond donors (Lipinski definition) is 0. The van der Waals surface area contributed by atoms with E-state index in [0.29, 0.717) is 17.1 Å². The average molecular weight is 689 g/mol. The van der Waals surface area contributed by atoms with E-state index in [0.717, 1.165) is 0 Å². The van der Waals surface area contributed by atoms with E-state index in [1.165, 1.54) is 0 Å². The summed E-state index contributed by atoms with van der Waals surface area (Å²) in [6, 6.07) is 18.5. The van der Waals surface area contributed by atoms with Gasteiger partial charge in [-0.2, -0.15) is 5.26 Å². The Labute approximate surface area is 238 Å². The van der Waals surface area contributed by atoms with Crippen molar-refractivity contribution in [3.63, 3.8) is 0 Å². The Kier molecular flexibility index (Phi) is 9.74. The molecule has 1 aliphatic carbocycles. The minimum atomic E-state index is -1.01. The maximum absolute atomic E-state index is 12.9. The molecule has 0 N–H and O–H groups in total. The number of nitrogens with zero attached hydrogens (tertiary/aromatic N) is 1. The zero-order chi connectivity index (χ0) is 22.1. The van der Waals surface area contributed by atoms with E-state index in [4.69, 9.17) is 9.47 Å². The third-order valence-electron chi connectivity index (χ3n) is 5.28. The molecule has 0 aliphatic heterocycles. The summed E-state index contributed by atoms with van der Waals surface area (Å²) in [5.41, 5.74) is 0.310. The van der Waals surface area contributed by atoms with Crippen LogP contribution in [-0.4, -0.2) is 42.5 Å². The van der Waals surface area contributed by atoms with Crippen molar-refractivity contribution in [2.45, 2.75) is 26.9 Å². The van der Waals surface area contributed by atoms with Gasteiger partial charge in [-0.05, 0) is 35.6 Å². The Morgan fingerprint density at radius 1 is 1.10 bits per heavy atom. The van der Waals surface area contributed by atoms with Crippen LogP contribution in [0.15, 0.2) is 54.6 Å². The Hall–Kier alpha value is 0.120. The van der Waals surface area contributed by atoms with Crippen LogP contribution in [0.4, 0.5) is 0 Å². The van der Waals surface area contributed by atoms with E-state index >= 15 is 0 Å². The molecule has 1 saturated carbocycles. The van der Waals surface area contributed by atoms with Crippen molar-refractivity contribution in [2.75, 3.05) is 0 Å². The van der Waals surface area contributed by atoms with Crippen molar-refractivity contribution < 1.29 is 14.3 Å². The third kappa shape index (κ3) is 6.59. The topological polar surface area (TPSA) is 59.3 Å². The molecule has 1 unspecified atom stereocenters. The van der Waals surface area contributed by atoms with Crippen LogP contribution in [0.2, 0.25) is 0 Å². The summed E-state index contributed by atoms with van der Waals surface area (Å²) >= 11 is 14.2. The second kappa shape index (κ2) is 11.0. The number of benzene rings is 2. The quantitative estimate of drug-likeness (QED) is 0.190. The number of rotatable bonds is 6. The third-order valence-corrected chi connectivity index (χ3v) is 9.86. The molecule has 0 radical (unpaired) electrons. The van der Waals surface area contributed by atoms with Gasteiger partial charge in [-0.25, -0.2) is 0 Å². The minimum absolute atomic E-state index is 0. The summed E-state index contributed by atoms with van der Waals surface area (Å²) in [6.45, 7) is 4.04. The molecule has 0 spiro atoms. The van der Waals surface area contributed by atoms with Gasteiger partial charge >= 0.3 is 35.5 Å². The van der Waals surface area contributed by atoms with Crippen molar-refractivity contribution in [3.05, 3.63) is 60.2 Å². The average Bonchev–Trinajstić information content (AvgIpc) is 3.27. The Morgan fingerprint density at radius 3 is 2.29 bits per heavy atom. The predicted molar refractivity (Wildman–Crippen MR) is 138 cm³/mol. The van der Waals surface area contributed by atoms with Crippen LogP contribution in [-0.2, 0) is 9.53 Å². The zero-order valence-corrected chi connectivity index (χ0v) is 22.5. The van der Waals surface area contributed by atoms with Gasteiger partial charge in [0.1, 0.15) is 19.7 Å². The van der Waals surface area contributed by atoms with Gasteiger partial charge in [-0.3, -0.25) is 4.79 Å². The number of hydrogen-bond acceptors (Lipinski definition) is 4. The fourth-order valence-corrected chi connectivity index (χ4v) is 5.44. The van der Waals surface area contributed by atoms with Crippen LogP contribution < -0.4 is 4.74 Å². The zero-order valence-electron chi connectivity index (χ0n) is 16.2. The van der Waals surface area contributed by atoms with Crippen molar-refractivity contribution in [1.29, 1.82) is 5.26 Å². The van der Waals surface area contributed by atoms with Crippen LogP contribution in [0.25, 0.3) is 0 Å². The number of ether oxygens (including phenoxy) is 2. The standard InChI is InChI=1S/C22H19Br4NO3.Na.H/c1-21(2)17(19(23)22(24,25)26)18(21)20(28)30-16(12-27)13-7-6-10-15(11-13)29-14-8-4-3-5-9-14;;/h3-11,16-19H,1-2H3;;/t16-,17-,18+,19?;;/m1../s1. The van der Waals surface area contributed by atoms with Crippen LogP contribution in [0.3, 0.4) is 0 Å². The van der Waals surface area contributed by atoms with E-state index in [1.54, 1.807) is 24.3 Å². The van der Waals surface area contributed by atoms with E-state index in [1.807, 2.05) is 44.2 Å². The molecule has 1 aliphatic rings. The first-order valence-electron chi connectivity index (χ1n) is 9.19. The molecule has 9 heteroatoms. The molecule has 160 valence electrons. The van der Waals surface area contributed by atoms with Crippen LogP contribution >= 0.6 is 63.7 Å². The van der Waals surface area contributed by atoms with Crippen LogP contribution in [0.5, 0.6) is 11.5 Å². The molecule has 0 aromatic heterocycles. The molecule has 4 nitrogen and oxygen atoms in total. The van der Waals surface area contributed by atoms with Gasteiger partial charge < -0.3 is 9.47 Å². The maximum atomic E-state index is 12.9. The van der Waals surface area contributed by atoms with Gasteiger partial charge in [0.15, 0.2) is 0 Å². The molecule has 1 fully saturated rings. The summed E-state index contributed by atoms with van der Waals surface area (Å²) in [6.07, 6.45) is -1.01. The van der Waals surface area contributed by atoms with Crippen molar-refractivity contribution in [2.24, 2.45) is 17.3 Å². The number of carbonyl (C=O) groups excluding carboxylic acids is 1. The number of esters is 1. The summed E-state index contributed by atoms with van der Waals surface area (Å²) in [4.78, 5) is 12.8. The van der Waals surface area contributed by atoms with Crippen molar-refractivity contribution >= 4 is 99.2 Å². The molecule has 2 aromatic rings. The fourth-order valence-electron chi connectivity index (χ4n) is 3.60. The molecule has 0 amide bonds. The normalized spacial score (nSPS) is 21.1. The first kappa shape index (κ1) is 27.4. The molecular formula is C22H20Br4NNaO3. The summed E-state index contributed by atoms with van der Waals surface area (Å²) < 4.78 is 10.9. The van der Waals surface area contributed by atoms with Gasteiger partial charge in [0.05, 0.1) is 10.7 Å². The second-order valence-electron chi connectivity index (χ2n) is 7.70. The Bertz CT molecular complexity index is 959. The summed E-state index contributed by atoms with van der Waals surface area (Å²) in [7, 11) is 0. The SMILES string of the molecule is CC1(C)[C@H](C(=O)O[C@H](C#N)c2cccc(Oc3ccccc3)c2)[C@@H]1C(Br)C(Br)(Br)Br.[NaH]. The van der Waals surface area contributed by atoms with E-state index in [2.05, 4.69) is 69.8 Å². The van der Waals surface area contributed by atoms with Gasteiger partial charge in [-0.15, -0.1) is 0 Å². The second-order valence-corrected chi connectivity index (χ2v) is 15.6. The first-order valence-corrected chi connectivity index (χ1v) is 12.5. The molecule has 0 bridgehead atoms. The molecule has 0 saturated heterocycles. The number of nitriles is 1. The van der Waals surface area contributed by atoms with E-state index in [-0.39, 0.29) is 57.6 Å². The number of halogens is 4. The fraction of sp³-hybridized carbons (Fsp3) is 0.364. The van der Waals surface area contributed by atoms with Crippen LogP contribution in [0, 0.1) is 28.6 Å². The number of alkyl halides is 4. The predicted octanol–water partition coefficient (Wildman–Crippen LogP) is 6.81. The van der Waals surface area contributed by atoms with E-state index < -0.39 is 8.25 Å². The van der Waals surface area contributed by atoms with Gasteiger partial charge in [0.2, 0.25) is 6.10 Å². The van der Waals surface area contributed by atoms with Gasteiger partial charge in [-0.1, -0.05) is 108 Å². The Balaban J connectivity index is 0.00000341. The van der Waals surface area contributed by atoms with Crippen LogP contribution in [0.1, 0.15) is 25.5 Å². The van der Waals surface area contributed by atoms with Crippen molar-refractivity contribution in [3.8, 4) is 17.6 Å². The first-order chi connectivity index (χ1) is 14.1. The summed E-state index contributed by atoms with van der Waals surface area (Å²) in [5, 5.41) is 9.65. The molecule has 4 atom stereocenters.